The third-order valence-corrected chi connectivity index (χ3v) is 4.82. The van der Waals surface area contributed by atoms with Gasteiger partial charge < -0.3 is 4.42 Å². The van der Waals surface area contributed by atoms with Crippen LogP contribution in [0.5, 0.6) is 0 Å². The van der Waals surface area contributed by atoms with Crippen LogP contribution in [0.2, 0.25) is 0 Å². The normalized spacial score (nSPS) is 11.0. The van der Waals surface area contributed by atoms with Crippen LogP contribution in [0.3, 0.4) is 0 Å². The summed E-state index contributed by atoms with van der Waals surface area (Å²) in [5.74, 6) is 1.47. The molecule has 4 aromatic rings. The van der Waals surface area contributed by atoms with Gasteiger partial charge in [0.15, 0.2) is 0 Å². The molecule has 0 bridgehead atoms. The zero-order valence-corrected chi connectivity index (χ0v) is 15.2. The predicted octanol–water partition coefficient (Wildman–Crippen LogP) is 4.58. The van der Waals surface area contributed by atoms with Gasteiger partial charge in [-0.05, 0) is 24.6 Å². The van der Waals surface area contributed by atoms with E-state index >= 15 is 0 Å². The lowest BCUT2D eigenvalue weighted by Gasteiger charge is -1.99. The van der Waals surface area contributed by atoms with E-state index in [1.165, 1.54) is 11.1 Å². The molecule has 0 unspecified atom stereocenters. The number of benzene rings is 2. The molecular formula is C20H18N4OS. The first-order valence-corrected chi connectivity index (χ1v) is 9.32. The number of hydrogen-bond acceptors (Lipinski definition) is 5. The molecule has 0 N–H and O–H groups in total. The number of nitrogens with zero attached hydrogens (tertiary/aromatic N) is 4. The van der Waals surface area contributed by atoms with E-state index < -0.39 is 0 Å². The Hall–Kier alpha value is -2.86. The zero-order valence-electron chi connectivity index (χ0n) is 14.4. The maximum absolute atomic E-state index is 5.57. The van der Waals surface area contributed by atoms with Crippen LogP contribution in [0.25, 0.3) is 11.5 Å². The van der Waals surface area contributed by atoms with Crippen molar-refractivity contribution >= 4 is 11.8 Å². The summed E-state index contributed by atoms with van der Waals surface area (Å²) in [5.41, 5.74) is 4.32. The van der Waals surface area contributed by atoms with Crippen LogP contribution in [0, 0.1) is 6.92 Å². The summed E-state index contributed by atoms with van der Waals surface area (Å²) in [6, 6.07) is 18.4. The minimum Gasteiger partial charge on any atom is -0.444 e. The van der Waals surface area contributed by atoms with Gasteiger partial charge in [0.05, 0.1) is 6.54 Å². The smallest absolute Gasteiger partial charge is 0.226 e. The standard InChI is InChI=1S/C20H18N4OS/c1-15-7-9-16(10-8-15)13-26-20-21-14-24(23-20)11-18-12-25-19(22-18)17-5-3-2-4-6-17/h2-10,12,14H,11,13H2,1H3. The second-order valence-corrected chi connectivity index (χ2v) is 6.95. The van der Waals surface area contributed by atoms with Gasteiger partial charge in [-0.25, -0.2) is 14.6 Å². The largest absolute Gasteiger partial charge is 0.444 e. The molecule has 6 heteroatoms. The van der Waals surface area contributed by atoms with Gasteiger partial charge in [0.1, 0.15) is 18.3 Å². The molecule has 0 aliphatic heterocycles. The topological polar surface area (TPSA) is 56.7 Å². The van der Waals surface area contributed by atoms with Gasteiger partial charge in [-0.2, -0.15) is 0 Å². The number of thioether (sulfide) groups is 1. The molecule has 2 aromatic carbocycles. The van der Waals surface area contributed by atoms with Gasteiger partial charge in [0.2, 0.25) is 11.0 Å². The van der Waals surface area contributed by atoms with Crippen LogP contribution in [0.15, 0.2) is 76.8 Å². The summed E-state index contributed by atoms with van der Waals surface area (Å²) in [5, 5.41) is 5.27. The monoisotopic (exact) mass is 362 g/mol. The van der Waals surface area contributed by atoms with E-state index in [1.807, 2.05) is 30.3 Å². The molecule has 0 aliphatic rings. The average molecular weight is 362 g/mol. The predicted molar refractivity (Wildman–Crippen MR) is 102 cm³/mol. The molecule has 0 fully saturated rings. The average Bonchev–Trinajstić information content (AvgIpc) is 3.32. The van der Waals surface area contributed by atoms with Gasteiger partial charge >= 0.3 is 0 Å². The Kier molecular flexibility index (Phi) is 4.84. The number of rotatable bonds is 6. The van der Waals surface area contributed by atoms with Gasteiger partial charge in [0.25, 0.3) is 0 Å². The molecule has 26 heavy (non-hydrogen) atoms. The maximum Gasteiger partial charge on any atom is 0.226 e. The van der Waals surface area contributed by atoms with Gasteiger partial charge in [-0.15, -0.1) is 5.10 Å². The Morgan fingerprint density at radius 1 is 1.04 bits per heavy atom. The van der Waals surface area contributed by atoms with Gasteiger partial charge in [-0.1, -0.05) is 59.8 Å². The Morgan fingerprint density at radius 3 is 2.65 bits per heavy atom. The van der Waals surface area contributed by atoms with Gasteiger partial charge in [0, 0.05) is 11.3 Å². The lowest BCUT2D eigenvalue weighted by Crippen LogP contribution is -2.00. The molecule has 0 radical (unpaired) electrons. The first-order chi connectivity index (χ1) is 12.8. The highest BCUT2D eigenvalue weighted by Crippen LogP contribution is 2.20. The maximum atomic E-state index is 5.57. The fourth-order valence-corrected chi connectivity index (χ4v) is 3.28. The zero-order chi connectivity index (χ0) is 17.8. The quantitative estimate of drug-likeness (QED) is 0.470. The van der Waals surface area contributed by atoms with E-state index in [1.54, 1.807) is 29.0 Å². The van der Waals surface area contributed by atoms with Crippen molar-refractivity contribution in [2.24, 2.45) is 0 Å². The summed E-state index contributed by atoms with van der Waals surface area (Å²) in [4.78, 5) is 8.89. The molecule has 5 nitrogen and oxygen atoms in total. The minimum atomic E-state index is 0.536. The SMILES string of the molecule is Cc1ccc(CSc2ncn(Cc3coc(-c4ccccc4)n3)n2)cc1. The van der Waals surface area contributed by atoms with E-state index in [9.17, 15) is 0 Å². The molecule has 130 valence electrons. The first-order valence-electron chi connectivity index (χ1n) is 8.34. The molecule has 2 aromatic heterocycles. The molecule has 2 heterocycles. The van der Waals surface area contributed by atoms with E-state index in [4.69, 9.17) is 4.42 Å². The molecule has 0 saturated carbocycles. The van der Waals surface area contributed by atoms with Crippen molar-refractivity contribution in [1.29, 1.82) is 0 Å². The molecular weight excluding hydrogens is 344 g/mol. The number of aromatic nitrogens is 4. The Balaban J connectivity index is 1.38. The van der Waals surface area contributed by atoms with Crippen LogP contribution in [0.1, 0.15) is 16.8 Å². The minimum absolute atomic E-state index is 0.536. The molecule has 0 saturated heterocycles. The summed E-state index contributed by atoms with van der Waals surface area (Å²) in [7, 11) is 0. The van der Waals surface area contributed by atoms with Crippen molar-refractivity contribution in [2.45, 2.75) is 24.4 Å². The summed E-state index contributed by atoms with van der Waals surface area (Å²) in [6.07, 6.45) is 3.40. The first kappa shape index (κ1) is 16.6. The number of oxazole rings is 1. The van der Waals surface area contributed by atoms with Crippen molar-refractivity contribution in [1.82, 2.24) is 19.7 Å². The van der Waals surface area contributed by atoms with Crippen molar-refractivity contribution < 1.29 is 4.42 Å². The van der Waals surface area contributed by atoms with Crippen LogP contribution >= 0.6 is 11.8 Å². The summed E-state index contributed by atoms with van der Waals surface area (Å²) in [6.45, 7) is 2.63. The van der Waals surface area contributed by atoms with Gasteiger partial charge in [-0.3, -0.25) is 0 Å². The van der Waals surface area contributed by atoms with Crippen molar-refractivity contribution in [2.75, 3.05) is 0 Å². The Bertz CT molecular complexity index is 976. The summed E-state index contributed by atoms with van der Waals surface area (Å²) < 4.78 is 7.35. The van der Waals surface area contributed by atoms with E-state index in [2.05, 4.69) is 46.3 Å². The van der Waals surface area contributed by atoms with Crippen LogP contribution in [-0.4, -0.2) is 19.7 Å². The number of hydrogen-bond donors (Lipinski definition) is 0. The molecule has 0 aliphatic carbocycles. The lowest BCUT2D eigenvalue weighted by molar-refractivity contribution is 0.569. The number of aryl methyl sites for hydroxylation is 1. The highest BCUT2D eigenvalue weighted by molar-refractivity contribution is 7.98. The molecule has 0 atom stereocenters. The second kappa shape index (κ2) is 7.58. The fourth-order valence-electron chi connectivity index (χ4n) is 2.51. The lowest BCUT2D eigenvalue weighted by atomic mass is 10.2. The molecule has 0 spiro atoms. The van der Waals surface area contributed by atoms with Crippen LogP contribution in [0.4, 0.5) is 0 Å². The van der Waals surface area contributed by atoms with Crippen molar-refractivity contribution in [3.63, 3.8) is 0 Å². The third-order valence-electron chi connectivity index (χ3n) is 3.90. The fraction of sp³-hybridized carbons (Fsp3) is 0.150. The third kappa shape index (κ3) is 4.03. The molecule has 4 rings (SSSR count). The summed E-state index contributed by atoms with van der Waals surface area (Å²) >= 11 is 1.63. The second-order valence-electron chi connectivity index (χ2n) is 6.01. The Morgan fingerprint density at radius 2 is 1.85 bits per heavy atom. The van der Waals surface area contributed by atoms with Crippen LogP contribution < -0.4 is 0 Å². The van der Waals surface area contributed by atoms with E-state index in [-0.39, 0.29) is 0 Å². The highest BCUT2D eigenvalue weighted by Gasteiger charge is 2.08. The van der Waals surface area contributed by atoms with E-state index in [0.717, 1.165) is 22.2 Å². The van der Waals surface area contributed by atoms with Crippen LogP contribution in [-0.2, 0) is 12.3 Å². The Labute approximate surface area is 156 Å². The highest BCUT2D eigenvalue weighted by atomic mass is 32.2. The van der Waals surface area contributed by atoms with Crippen molar-refractivity contribution in [3.05, 3.63) is 84.0 Å². The van der Waals surface area contributed by atoms with Crippen molar-refractivity contribution in [3.8, 4) is 11.5 Å². The van der Waals surface area contributed by atoms with E-state index in [0.29, 0.717) is 12.4 Å². The molecule has 0 amide bonds.